The zero-order valence-corrected chi connectivity index (χ0v) is 18.5. The smallest absolute Gasteiger partial charge is 0.341 e. The van der Waals surface area contributed by atoms with E-state index in [0.29, 0.717) is 5.75 Å². The van der Waals surface area contributed by atoms with Gasteiger partial charge in [0.25, 0.3) is 0 Å². The Hall–Kier alpha value is -3.86. The minimum absolute atomic E-state index is 0.162. The highest BCUT2D eigenvalue weighted by atomic mass is 16.5. The van der Waals surface area contributed by atoms with Gasteiger partial charge in [0, 0.05) is 24.2 Å². The molecule has 0 saturated heterocycles. The summed E-state index contributed by atoms with van der Waals surface area (Å²) in [4.78, 5) is 10.7. The molecule has 0 unspecified atom stereocenters. The molecule has 0 fully saturated rings. The van der Waals surface area contributed by atoms with Crippen molar-refractivity contribution in [2.75, 3.05) is 6.61 Å². The van der Waals surface area contributed by atoms with Gasteiger partial charge in [-0.3, -0.25) is 4.68 Å². The van der Waals surface area contributed by atoms with Crippen LogP contribution >= 0.6 is 0 Å². The number of aromatic nitrogens is 2. The van der Waals surface area contributed by atoms with Gasteiger partial charge in [0.2, 0.25) is 0 Å². The number of carboxylic acids is 1. The zero-order valence-electron chi connectivity index (χ0n) is 18.5. The number of benzene rings is 3. The number of aliphatic carboxylic acids is 1. The lowest BCUT2D eigenvalue weighted by molar-refractivity contribution is -0.139. The molecular formula is C28H28N2O3. The molecule has 0 saturated carbocycles. The molecule has 0 aliphatic carbocycles. The Balaban J connectivity index is 1.36. The summed E-state index contributed by atoms with van der Waals surface area (Å²) in [6.45, 7) is 0.531. The Bertz CT molecular complexity index is 1120. The van der Waals surface area contributed by atoms with Gasteiger partial charge < -0.3 is 9.84 Å². The van der Waals surface area contributed by atoms with Crippen molar-refractivity contribution in [2.45, 2.75) is 31.7 Å². The lowest BCUT2D eigenvalue weighted by atomic mass is 9.87. The summed E-state index contributed by atoms with van der Waals surface area (Å²) >= 11 is 0. The first-order valence-corrected chi connectivity index (χ1v) is 11.2. The number of unbranched alkanes of at least 4 members (excludes halogenated alkanes) is 1. The van der Waals surface area contributed by atoms with E-state index in [0.717, 1.165) is 31.4 Å². The molecule has 4 aromatic rings. The van der Waals surface area contributed by atoms with Crippen LogP contribution in [0.2, 0.25) is 0 Å². The number of carboxylic acid groups (broad SMARTS) is 1. The first-order chi connectivity index (χ1) is 16.2. The maximum atomic E-state index is 10.7. The van der Waals surface area contributed by atoms with Gasteiger partial charge in [0.15, 0.2) is 6.61 Å². The standard InChI is InChI=1S/C28H28N2O3/c31-27(32)21-33-26-16-9-11-22(18-26)10-7-8-17-30-20-25(19-29-30)28(23-12-3-1-4-13-23)24-14-5-2-6-15-24/h1-6,9,11-16,18-20,28H,7-8,10,17,21H2,(H,31,32). The van der Waals surface area contributed by atoms with E-state index in [1.807, 2.05) is 41.2 Å². The second-order valence-corrected chi connectivity index (χ2v) is 8.08. The molecule has 33 heavy (non-hydrogen) atoms. The number of ether oxygens (including phenoxy) is 1. The molecular weight excluding hydrogens is 412 g/mol. The molecule has 168 valence electrons. The molecule has 0 atom stereocenters. The van der Waals surface area contributed by atoms with Crippen LogP contribution in [0.4, 0.5) is 0 Å². The molecule has 0 radical (unpaired) electrons. The average Bonchev–Trinajstić information content (AvgIpc) is 3.31. The number of rotatable bonds is 11. The predicted octanol–water partition coefficient (Wildman–Crippen LogP) is 5.55. The van der Waals surface area contributed by atoms with Crippen molar-refractivity contribution in [3.05, 3.63) is 120 Å². The maximum absolute atomic E-state index is 10.7. The van der Waals surface area contributed by atoms with Crippen molar-refractivity contribution >= 4 is 5.97 Å². The van der Waals surface area contributed by atoms with Crippen molar-refractivity contribution < 1.29 is 14.6 Å². The lowest BCUT2D eigenvalue weighted by Crippen LogP contribution is -2.09. The lowest BCUT2D eigenvalue weighted by Gasteiger charge is -2.16. The Kier molecular flexibility index (Phi) is 7.54. The molecule has 5 nitrogen and oxygen atoms in total. The van der Waals surface area contributed by atoms with Crippen molar-refractivity contribution in [2.24, 2.45) is 0 Å². The van der Waals surface area contributed by atoms with Crippen molar-refractivity contribution in [3.8, 4) is 5.75 Å². The second kappa shape index (κ2) is 11.1. The van der Waals surface area contributed by atoms with Crippen molar-refractivity contribution in [1.29, 1.82) is 0 Å². The van der Waals surface area contributed by atoms with Crippen LogP contribution in [-0.4, -0.2) is 27.5 Å². The molecule has 1 aromatic heterocycles. The summed E-state index contributed by atoms with van der Waals surface area (Å²) in [6, 6.07) is 28.7. The fraction of sp³-hybridized carbons (Fsp3) is 0.214. The van der Waals surface area contributed by atoms with Crippen LogP contribution < -0.4 is 4.74 Å². The van der Waals surface area contributed by atoms with Gasteiger partial charge >= 0.3 is 5.97 Å². The van der Waals surface area contributed by atoms with Gasteiger partial charge in [-0.25, -0.2) is 4.79 Å². The van der Waals surface area contributed by atoms with Gasteiger partial charge in [0.1, 0.15) is 5.75 Å². The highest BCUT2D eigenvalue weighted by molar-refractivity contribution is 5.68. The second-order valence-electron chi connectivity index (χ2n) is 8.08. The summed E-state index contributed by atoms with van der Waals surface area (Å²) in [7, 11) is 0. The van der Waals surface area contributed by atoms with Crippen molar-refractivity contribution in [3.63, 3.8) is 0 Å². The van der Waals surface area contributed by atoms with Gasteiger partial charge in [-0.2, -0.15) is 5.10 Å². The molecule has 3 aromatic carbocycles. The molecule has 0 aliphatic rings. The monoisotopic (exact) mass is 440 g/mol. The minimum Gasteiger partial charge on any atom is -0.482 e. The topological polar surface area (TPSA) is 64.3 Å². The van der Waals surface area contributed by atoms with Crippen LogP contribution in [0.5, 0.6) is 5.75 Å². The van der Waals surface area contributed by atoms with Gasteiger partial charge in [0.05, 0.1) is 6.20 Å². The summed E-state index contributed by atoms with van der Waals surface area (Å²) < 4.78 is 7.30. The predicted molar refractivity (Wildman–Crippen MR) is 129 cm³/mol. The Morgan fingerprint density at radius 1 is 0.879 bits per heavy atom. The molecule has 0 amide bonds. The molecule has 4 rings (SSSR count). The van der Waals surface area contributed by atoms with E-state index in [1.54, 1.807) is 6.07 Å². The third-order valence-corrected chi connectivity index (χ3v) is 5.62. The van der Waals surface area contributed by atoms with E-state index >= 15 is 0 Å². The maximum Gasteiger partial charge on any atom is 0.341 e. The zero-order chi connectivity index (χ0) is 22.9. The van der Waals surface area contributed by atoms with Gasteiger partial charge in [-0.15, -0.1) is 0 Å². The summed E-state index contributed by atoms with van der Waals surface area (Å²) in [5.41, 5.74) is 4.85. The molecule has 1 heterocycles. The number of hydrogen-bond donors (Lipinski definition) is 1. The van der Waals surface area contributed by atoms with E-state index in [1.165, 1.54) is 16.7 Å². The third kappa shape index (κ3) is 6.32. The number of aryl methyl sites for hydroxylation is 2. The van der Waals surface area contributed by atoms with E-state index in [2.05, 4.69) is 59.8 Å². The van der Waals surface area contributed by atoms with E-state index in [9.17, 15) is 4.79 Å². The SMILES string of the molecule is O=C(O)COc1cccc(CCCCn2cc(C(c3ccccc3)c3ccccc3)cn2)c1. The summed E-state index contributed by atoms with van der Waals surface area (Å²) in [5.74, 6) is -0.213. The van der Waals surface area contributed by atoms with Crippen molar-refractivity contribution in [1.82, 2.24) is 9.78 Å². The third-order valence-electron chi connectivity index (χ3n) is 5.62. The Morgan fingerprint density at radius 2 is 1.58 bits per heavy atom. The van der Waals surface area contributed by atoms with Crippen LogP contribution in [0.25, 0.3) is 0 Å². The van der Waals surface area contributed by atoms with E-state index in [-0.39, 0.29) is 12.5 Å². The van der Waals surface area contributed by atoms with E-state index < -0.39 is 5.97 Å². The van der Waals surface area contributed by atoms with Gasteiger partial charge in [-0.05, 0) is 48.1 Å². The van der Waals surface area contributed by atoms with Crippen LogP contribution in [0.1, 0.15) is 41.0 Å². The average molecular weight is 441 g/mol. The van der Waals surface area contributed by atoms with E-state index in [4.69, 9.17) is 9.84 Å². The minimum atomic E-state index is -0.972. The molecule has 0 aliphatic heterocycles. The largest absolute Gasteiger partial charge is 0.482 e. The first-order valence-electron chi connectivity index (χ1n) is 11.2. The highest BCUT2D eigenvalue weighted by Crippen LogP contribution is 2.31. The fourth-order valence-corrected chi connectivity index (χ4v) is 4.06. The van der Waals surface area contributed by atoms with Crippen LogP contribution in [0.3, 0.4) is 0 Å². The highest BCUT2D eigenvalue weighted by Gasteiger charge is 2.18. The first kappa shape index (κ1) is 22.3. The summed E-state index contributed by atoms with van der Waals surface area (Å²) in [5, 5.41) is 13.4. The molecule has 0 spiro atoms. The molecule has 1 N–H and O–H groups in total. The normalized spacial score (nSPS) is 10.9. The van der Waals surface area contributed by atoms with Crippen LogP contribution in [0.15, 0.2) is 97.3 Å². The Morgan fingerprint density at radius 3 is 2.24 bits per heavy atom. The number of nitrogens with zero attached hydrogens (tertiary/aromatic N) is 2. The Labute approximate surface area is 194 Å². The van der Waals surface area contributed by atoms with Crippen LogP contribution in [-0.2, 0) is 17.8 Å². The van der Waals surface area contributed by atoms with Crippen LogP contribution in [0, 0.1) is 0 Å². The summed E-state index contributed by atoms with van der Waals surface area (Å²) in [6.07, 6.45) is 7.06. The molecule has 5 heteroatoms. The molecule has 0 bridgehead atoms. The quantitative estimate of drug-likeness (QED) is 0.311. The number of hydrogen-bond acceptors (Lipinski definition) is 3. The number of carbonyl (C=O) groups is 1. The fourth-order valence-electron chi connectivity index (χ4n) is 4.06. The van der Waals surface area contributed by atoms with Gasteiger partial charge in [-0.1, -0.05) is 72.8 Å².